The summed E-state index contributed by atoms with van der Waals surface area (Å²) in [5, 5.41) is 13.8. The summed E-state index contributed by atoms with van der Waals surface area (Å²) in [5.41, 5.74) is 1.19. The molecule has 0 bridgehead atoms. The topological polar surface area (TPSA) is 32.3 Å². The molecule has 0 aliphatic carbocycles. The van der Waals surface area contributed by atoms with Crippen LogP contribution in [0.2, 0.25) is 5.02 Å². The van der Waals surface area contributed by atoms with Crippen LogP contribution >= 0.6 is 11.6 Å². The van der Waals surface area contributed by atoms with Crippen LogP contribution < -0.4 is 5.32 Å². The van der Waals surface area contributed by atoms with Crippen molar-refractivity contribution >= 4 is 11.6 Å². The van der Waals surface area contributed by atoms with E-state index >= 15 is 0 Å². The summed E-state index contributed by atoms with van der Waals surface area (Å²) in [6.45, 7) is 9.11. The second-order valence-corrected chi connectivity index (χ2v) is 6.25. The van der Waals surface area contributed by atoms with E-state index in [9.17, 15) is 5.11 Å². The maximum atomic E-state index is 9.47. The molecule has 2 unspecified atom stereocenters. The summed E-state index contributed by atoms with van der Waals surface area (Å²) >= 11 is 6.17. The summed E-state index contributed by atoms with van der Waals surface area (Å²) in [4.78, 5) is 0. The number of hydrogen-bond acceptors (Lipinski definition) is 2. The third kappa shape index (κ3) is 4.97. The summed E-state index contributed by atoms with van der Waals surface area (Å²) in [6.07, 6.45) is 0.521. The predicted octanol–water partition coefficient (Wildman–Crippen LogP) is 3.79. The van der Waals surface area contributed by atoms with Gasteiger partial charge in [0.15, 0.2) is 0 Å². The van der Waals surface area contributed by atoms with Gasteiger partial charge in [-0.25, -0.2) is 0 Å². The molecule has 102 valence electrons. The zero-order valence-corrected chi connectivity index (χ0v) is 12.5. The summed E-state index contributed by atoms with van der Waals surface area (Å²) < 4.78 is 0. The van der Waals surface area contributed by atoms with Crippen molar-refractivity contribution in [1.29, 1.82) is 0 Å². The monoisotopic (exact) mass is 269 g/mol. The molecular weight excluding hydrogens is 246 g/mol. The SMILES string of the molecule is CC(O)CC(C)(C)CNC(C)c1ccccc1Cl. The number of nitrogens with one attached hydrogen (secondary N) is 1. The fourth-order valence-electron chi connectivity index (χ4n) is 2.24. The molecule has 0 heterocycles. The quantitative estimate of drug-likeness (QED) is 0.824. The Kier molecular flexibility index (Phi) is 5.64. The Bertz CT molecular complexity index is 377. The van der Waals surface area contributed by atoms with Gasteiger partial charge < -0.3 is 10.4 Å². The van der Waals surface area contributed by atoms with Gasteiger partial charge in [0.05, 0.1) is 6.10 Å². The van der Waals surface area contributed by atoms with Crippen molar-refractivity contribution < 1.29 is 5.11 Å². The zero-order valence-electron chi connectivity index (χ0n) is 11.7. The molecule has 3 heteroatoms. The second-order valence-electron chi connectivity index (χ2n) is 5.84. The second kappa shape index (κ2) is 6.55. The van der Waals surface area contributed by atoms with Crippen LogP contribution in [-0.2, 0) is 0 Å². The fraction of sp³-hybridized carbons (Fsp3) is 0.600. The minimum absolute atomic E-state index is 0.0731. The molecular formula is C15H24ClNO. The molecule has 0 aliphatic heterocycles. The molecule has 1 rings (SSSR count). The predicted molar refractivity (Wildman–Crippen MR) is 77.9 cm³/mol. The van der Waals surface area contributed by atoms with Gasteiger partial charge in [0.1, 0.15) is 0 Å². The summed E-state index contributed by atoms with van der Waals surface area (Å²) in [5.74, 6) is 0. The molecule has 18 heavy (non-hydrogen) atoms. The van der Waals surface area contributed by atoms with Crippen molar-refractivity contribution in [3.05, 3.63) is 34.9 Å². The van der Waals surface area contributed by atoms with Gasteiger partial charge in [-0.05, 0) is 37.3 Å². The summed E-state index contributed by atoms with van der Waals surface area (Å²) in [6, 6.07) is 8.11. The molecule has 0 saturated carbocycles. The highest BCUT2D eigenvalue weighted by molar-refractivity contribution is 6.31. The first-order chi connectivity index (χ1) is 8.32. The lowest BCUT2D eigenvalue weighted by molar-refractivity contribution is 0.127. The maximum Gasteiger partial charge on any atom is 0.0517 e. The Hall–Kier alpha value is -0.570. The van der Waals surface area contributed by atoms with Gasteiger partial charge in [-0.2, -0.15) is 0 Å². The van der Waals surface area contributed by atoms with Crippen LogP contribution in [-0.4, -0.2) is 17.8 Å². The van der Waals surface area contributed by atoms with Crippen LogP contribution in [0.15, 0.2) is 24.3 Å². The first-order valence-corrected chi connectivity index (χ1v) is 6.85. The van der Waals surface area contributed by atoms with Crippen molar-refractivity contribution in [2.75, 3.05) is 6.54 Å². The van der Waals surface area contributed by atoms with Crippen LogP contribution in [0.4, 0.5) is 0 Å². The Balaban J connectivity index is 2.56. The third-order valence-electron chi connectivity index (χ3n) is 3.11. The molecule has 0 aromatic heterocycles. The lowest BCUT2D eigenvalue weighted by Gasteiger charge is -2.28. The van der Waals surface area contributed by atoms with Gasteiger partial charge in [0, 0.05) is 17.6 Å². The number of aliphatic hydroxyl groups is 1. The lowest BCUT2D eigenvalue weighted by atomic mass is 9.86. The van der Waals surface area contributed by atoms with Crippen molar-refractivity contribution in [3.8, 4) is 0 Å². The largest absolute Gasteiger partial charge is 0.393 e. The molecule has 0 spiro atoms. The van der Waals surface area contributed by atoms with Gasteiger partial charge in [-0.1, -0.05) is 43.6 Å². The van der Waals surface area contributed by atoms with Gasteiger partial charge in [-0.15, -0.1) is 0 Å². The van der Waals surface area contributed by atoms with Crippen molar-refractivity contribution in [3.63, 3.8) is 0 Å². The number of rotatable bonds is 6. The van der Waals surface area contributed by atoms with Crippen molar-refractivity contribution in [2.45, 2.75) is 46.3 Å². The molecule has 0 saturated heterocycles. The van der Waals surface area contributed by atoms with Gasteiger partial charge in [-0.3, -0.25) is 0 Å². The highest BCUT2D eigenvalue weighted by atomic mass is 35.5. The average Bonchev–Trinajstić information content (AvgIpc) is 2.25. The molecule has 0 aliphatic rings. The van der Waals surface area contributed by atoms with Crippen LogP contribution in [0.25, 0.3) is 0 Å². The van der Waals surface area contributed by atoms with Crippen molar-refractivity contribution in [2.24, 2.45) is 5.41 Å². The fourth-order valence-corrected chi connectivity index (χ4v) is 2.54. The van der Waals surface area contributed by atoms with Crippen LogP contribution in [0, 0.1) is 5.41 Å². The van der Waals surface area contributed by atoms with Crippen LogP contribution in [0.5, 0.6) is 0 Å². The lowest BCUT2D eigenvalue weighted by Crippen LogP contribution is -2.33. The Labute approximate surface area is 115 Å². The van der Waals surface area contributed by atoms with E-state index in [0.29, 0.717) is 0 Å². The van der Waals surface area contributed by atoms with E-state index in [1.807, 2.05) is 31.2 Å². The minimum atomic E-state index is -0.266. The van der Waals surface area contributed by atoms with E-state index in [0.717, 1.165) is 23.6 Å². The highest BCUT2D eigenvalue weighted by Gasteiger charge is 2.21. The van der Waals surface area contributed by atoms with E-state index in [1.54, 1.807) is 0 Å². The third-order valence-corrected chi connectivity index (χ3v) is 3.45. The van der Waals surface area contributed by atoms with Gasteiger partial charge in [0.2, 0.25) is 0 Å². The molecule has 1 aromatic rings. The number of hydrogen-bond donors (Lipinski definition) is 2. The Morgan fingerprint density at radius 2 is 1.89 bits per heavy atom. The van der Waals surface area contributed by atoms with E-state index in [2.05, 4.69) is 26.1 Å². The Morgan fingerprint density at radius 3 is 2.44 bits per heavy atom. The van der Waals surface area contributed by atoms with Gasteiger partial charge in [0.25, 0.3) is 0 Å². The average molecular weight is 270 g/mol. The molecule has 2 nitrogen and oxygen atoms in total. The van der Waals surface area contributed by atoms with Crippen LogP contribution in [0.3, 0.4) is 0 Å². The van der Waals surface area contributed by atoms with Crippen molar-refractivity contribution in [1.82, 2.24) is 5.32 Å². The van der Waals surface area contributed by atoms with E-state index < -0.39 is 0 Å². The number of aliphatic hydroxyl groups excluding tert-OH is 1. The molecule has 1 aromatic carbocycles. The van der Waals surface area contributed by atoms with E-state index in [4.69, 9.17) is 11.6 Å². The molecule has 2 N–H and O–H groups in total. The zero-order chi connectivity index (χ0) is 13.8. The number of benzene rings is 1. The standard InChI is InChI=1S/C15H24ClNO/c1-11(18)9-15(3,4)10-17-12(2)13-7-5-6-8-14(13)16/h5-8,11-12,17-18H,9-10H2,1-4H3. The smallest absolute Gasteiger partial charge is 0.0517 e. The molecule has 0 radical (unpaired) electrons. The Morgan fingerprint density at radius 1 is 1.28 bits per heavy atom. The van der Waals surface area contributed by atoms with Crippen LogP contribution in [0.1, 0.15) is 45.7 Å². The first kappa shape index (κ1) is 15.5. The minimum Gasteiger partial charge on any atom is -0.393 e. The molecule has 0 amide bonds. The van der Waals surface area contributed by atoms with E-state index in [1.165, 1.54) is 0 Å². The highest BCUT2D eigenvalue weighted by Crippen LogP contribution is 2.25. The van der Waals surface area contributed by atoms with E-state index in [-0.39, 0.29) is 17.6 Å². The number of halogens is 1. The van der Waals surface area contributed by atoms with Gasteiger partial charge >= 0.3 is 0 Å². The molecule has 2 atom stereocenters. The first-order valence-electron chi connectivity index (χ1n) is 6.48. The molecule has 0 fully saturated rings. The maximum absolute atomic E-state index is 9.47. The normalized spacial score (nSPS) is 15.4. The summed E-state index contributed by atoms with van der Waals surface area (Å²) in [7, 11) is 0.